The Morgan fingerprint density at radius 1 is 1.29 bits per heavy atom. The summed E-state index contributed by atoms with van der Waals surface area (Å²) in [4.78, 5) is 0. The van der Waals surface area contributed by atoms with Crippen LogP contribution in [0.25, 0.3) is 0 Å². The lowest BCUT2D eigenvalue weighted by Gasteiger charge is -2.36. The average molecular weight is 315 g/mol. The lowest BCUT2D eigenvalue weighted by Crippen LogP contribution is -2.40. The molecule has 21 heavy (non-hydrogen) atoms. The first-order valence-electron chi connectivity index (χ1n) is 7.19. The van der Waals surface area contributed by atoms with Crippen molar-refractivity contribution in [3.63, 3.8) is 0 Å². The van der Waals surface area contributed by atoms with Gasteiger partial charge in [0.25, 0.3) is 0 Å². The predicted octanol–water partition coefficient (Wildman–Crippen LogP) is 2.75. The van der Waals surface area contributed by atoms with Gasteiger partial charge in [0.2, 0.25) is 10.0 Å². The van der Waals surface area contributed by atoms with E-state index in [4.69, 9.17) is 9.88 Å². The van der Waals surface area contributed by atoms with Crippen LogP contribution in [-0.2, 0) is 10.0 Å². The largest absolute Gasteiger partial charge is 0.493 e. The number of hydrogen-bond donors (Lipinski definition) is 1. The highest BCUT2D eigenvalue weighted by atomic mass is 32.2. The van der Waals surface area contributed by atoms with Crippen molar-refractivity contribution in [2.75, 3.05) is 12.4 Å². The number of benzene rings is 1. The zero-order valence-electron chi connectivity index (χ0n) is 12.3. The number of aryl methyl sites for hydroxylation is 1. The van der Waals surface area contributed by atoms with E-state index in [1.54, 1.807) is 19.1 Å². The molecule has 2 rings (SSSR count). The first-order chi connectivity index (χ1) is 9.80. The van der Waals surface area contributed by atoms with Gasteiger partial charge in [-0.05, 0) is 31.4 Å². The Labute approximate surface area is 125 Å². The fourth-order valence-electron chi connectivity index (χ4n) is 2.96. The average Bonchev–Trinajstić information content (AvgIpc) is 2.39. The van der Waals surface area contributed by atoms with Crippen molar-refractivity contribution in [3.8, 4) is 5.75 Å². The number of hydrogen-bond acceptors (Lipinski definition) is 3. The van der Waals surface area contributed by atoms with Crippen molar-refractivity contribution >= 4 is 10.0 Å². The van der Waals surface area contributed by atoms with E-state index in [0.29, 0.717) is 11.3 Å². The summed E-state index contributed by atoms with van der Waals surface area (Å²) in [7, 11) is -3.56. The second-order valence-corrected chi connectivity index (χ2v) is 7.68. The van der Waals surface area contributed by atoms with Crippen molar-refractivity contribution in [2.45, 2.75) is 39.0 Å². The fraction of sp³-hybridized carbons (Fsp3) is 0.600. The van der Waals surface area contributed by atoms with Crippen LogP contribution in [0.3, 0.4) is 0 Å². The number of sulfonamides is 1. The fourth-order valence-corrected chi connectivity index (χ4v) is 4.18. The molecule has 118 valence electrons. The van der Waals surface area contributed by atoms with Crippen LogP contribution in [0.1, 0.15) is 37.7 Å². The summed E-state index contributed by atoms with van der Waals surface area (Å²) in [6.45, 7) is 1.94. The van der Waals surface area contributed by atoms with Crippen LogP contribution in [0.2, 0.25) is 0 Å². The Hall–Kier alpha value is -1.14. The van der Waals surface area contributed by atoms with Gasteiger partial charge >= 0.3 is 0 Å². The topological polar surface area (TPSA) is 69.4 Å². The minimum atomic E-state index is -3.56. The second-order valence-electron chi connectivity index (χ2n) is 6.07. The Bertz CT molecular complexity index is 595. The smallest absolute Gasteiger partial charge is 0.209 e. The maximum Gasteiger partial charge on any atom is 0.209 e. The maximum atomic E-state index is 13.5. The van der Waals surface area contributed by atoms with Crippen molar-refractivity contribution < 1.29 is 17.5 Å². The Kier molecular flexibility index (Phi) is 4.88. The number of primary sulfonamides is 1. The summed E-state index contributed by atoms with van der Waals surface area (Å²) in [5.41, 5.74) is 0.104. The normalized spacial score (nSPS) is 18.4. The van der Waals surface area contributed by atoms with E-state index in [2.05, 4.69) is 0 Å². The van der Waals surface area contributed by atoms with E-state index in [1.165, 1.54) is 6.07 Å². The van der Waals surface area contributed by atoms with Gasteiger partial charge in [0.1, 0.15) is 11.6 Å². The minimum Gasteiger partial charge on any atom is -0.493 e. The molecule has 4 nitrogen and oxygen atoms in total. The highest BCUT2D eigenvalue weighted by molar-refractivity contribution is 7.89. The zero-order valence-corrected chi connectivity index (χ0v) is 13.1. The molecule has 1 aromatic rings. The van der Waals surface area contributed by atoms with Crippen LogP contribution in [0.15, 0.2) is 18.2 Å². The van der Waals surface area contributed by atoms with E-state index < -0.39 is 15.4 Å². The highest BCUT2D eigenvalue weighted by Crippen LogP contribution is 2.37. The molecular formula is C15H22FNO3S. The van der Waals surface area contributed by atoms with Gasteiger partial charge in [-0.1, -0.05) is 25.3 Å². The van der Waals surface area contributed by atoms with Crippen LogP contribution in [0.5, 0.6) is 5.75 Å². The lowest BCUT2D eigenvalue weighted by atomic mass is 9.76. The van der Waals surface area contributed by atoms with Gasteiger partial charge in [-0.3, -0.25) is 0 Å². The lowest BCUT2D eigenvalue weighted by molar-refractivity contribution is 0.118. The number of rotatable bonds is 5. The molecular weight excluding hydrogens is 293 g/mol. The summed E-state index contributed by atoms with van der Waals surface area (Å²) in [5, 5.41) is 5.22. The van der Waals surface area contributed by atoms with Crippen molar-refractivity contribution in [3.05, 3.63) is 29.6 Å². The molecule has 0 radical (unpaired) electrons. The zero-order chi connectivity index (χ0) is 15.5. The minimum absolute atomic E-state index is 0.0751. The van der Waals surface area contributed by atoms with Gasteiger partial charge in [-0.15, -0.1) is 0 Å². The summed E-state index contributed by atoms with van der Waals surface area (Å²) < 4.78 is 42.1. The third-order valence-electron chi connectivity index (χ3n) is 4.11. The monoisotopic (exact) mass is 315 g/mol. The molecule has 1 aliphatic carbocycles. The van der Waals surface area contributed by atoms with E-state index in [1.807, 2.05) is 0 Å². The molecule has 1 fully saturated rings. The Balaban J connectivity index is 2.10. The molecule has 0 spiro atoms. The van der Waals surface area contributed by atoms with Crippen molar-refractivity contribution in [2.24, 2.45) is 10.6 Å². The molecule has 0 aliphatic heterocycles. The molecule has 0 atom stereocenters. The molecule has 0 aromatic heterocycles. The molecule has 0 amide bonds. The van der Waals surface area contributed by atoms with Crippen LogP contribution in [0, 0.1) is 18.2 Å². The van der Waals surface area contributed by atoms with Gasteiger partial charge in [0.05, 0.1) is 12.4 Å². The summed E-state index contributed by atoms with van der Waals surface area (Å²) in [6, 6.07) is 4.69. The van der Waals surface area contributed by atoms with Gasteiger partial charge in [-0.2, -0.15) is 0 Å². The molecule has 1 aliphatic rings. The molecule has 0 saturated heterocycles. The number of halogens is 1. The molecule has 0 unspecified atom stereocenters. The maximum absolute atomic E-state index is 13.5. The van der Waals surface area contributed by atoms with Crippen molar-refractivity contribution in [1.29, 1.82) is 0 Å². The van der Waals surface area contributed by atoms with Crippen molar-refractivity contribution in [1.82, 2.24) is 0 Å². The highest BCUT2D eigenvalue weighted by Gasteiger charge is 2.36. The van der Waals surface area contributed by atoms with E-state index in [0.717, 1.165) is 32.1 Å². The number of ether oxygens (including phenoxy) is 1. The third kappa shape index (κ3) is 4.68. The molecule has 2 N–H and O–H groups in total. The van der Waals surface area contributed by atoms with Gasteiger partial charge < -0.3 is 4.74 Å². The Morgan fingerprint density at radius 2 is 1.95 bits per heavy atom. The Morgan fingerprint density at radius 3 is 2.52 bits per heavy atom. The van der Waals surface area contributed by atoms with E-state index in [9.17, 15) is 12.8 Å². The van der Waals surface area contributed by atoms with Crippen LogP contribution < -0.4 is 9.88 Å². The first kappa shape index (κ1) is 16.2. The van der Waals surface area contributed by atoms with Gasteiger partial charge in [-0.25, -0.2) is 17.9 Å². The summed E-state index contributed by atoms with van der Waals surface area (Å²) in [5.74, 6) is 0.0306. The van der Waals surface area contributed by atoms with Crippen LogP contribution in [-0.4, -0.2) is 20.8 Å². The SMILES string of the molecule is Cc1ccc(OCC2(CS(N)(=O)=O)CCCCC2)cc1F. The molecule has 1 aromatic carbocycles. The number of nitrogens with two attached hydrogens (primary N) is 1. The summed E-state index contributed by atoms with van der Waals surface area (Å²) in [6.07, 6.45) is 4.60. The van der Waals surface area contributed by atoms with E-state index in [-0.39, 0.29) is 18.2 Å². The first-order valence-corrected chi connectivity index (χ1v) is 8.91. The second kappa shape index (κ2) is 6.32. The quantitative estimate of drug-likeness (QED) is 0.908. The van der Waals surface area contributed by atoms with Crippen LogP contribution in [0.4, 0.5) is 4.39 Å². The molecule has 0 heterocycles. The van der Waals surface area contributed by atoms with E-state index >= 15 is 0 Å². The predicted molar refractivity (Wildman–Crippen MR) is 80.1 cm³/mol. The standard InChI is InChI=1S/C15H22FNO3S/c1-12-5-6-13(9-14(12)16)20-10-15(11-21(17,18)19)7-3-2-4-8-15/h5-6,9H,2-4,7-8,10-11H2,1H3,(H2,17,18,19). The van der Waals surface area contributed by atoms with Gasteiger partial charge in [0, 0.05) is 11.5 Å². The van der Waals surface area contributed by atoms with Gasteiger partial charge in [0.15, 0.2) is 0 Å². The summed E-state index contributed by atoms with van der Waals surface area (Å²) >= 11 is 0. The molecule has 0 bridgehead atoms. The molecule has 1 saturated carbocycles. The third-order valence-corrected chi connectivity index (χ3v) is 5.12. The van der Waals surface area contributed by atoms with Crippen LogP contribution >= 0.6 is 0 Å². The molecule has 6 heteroatoms.